The van der Waals surface area contributed by atoms with Gasteiger partial charge in [0.1, 0.15) is 0 Å². The molecular weight excluding hydrogens is 240 g/mol. The summed E-state index contributed by atoms with van der Waals surface area (Å²) < 4.78 is 0. The molecule has 4 nitrogen and oxygen atoms in total. The van der Waals surface area contributed by atoms with Crippen LogP contribution in [0.4, 0.5) is 0 Å². The Balaban J connectivity index is 2.72. The van der Waals surface area contributed by atoms with Gasteiger partial charge < -0.3 is 10.4 Å². The van der Waals surface area contributed by atoms with Crippen LogP contribution in [0, 0.1) is 0 Å². The molecule has 0 aromatic heterocycles. The van der Waals surface area contributed by atoms with E-state index in [4.69, 9.17) is 0 Å². The zero-order valence-corrected chi connectivity index (χ0v) is 12.2. The SMILES string of the molecule is CNC(=O)c1ccc(CN(CC(C)O)C(C)C)cc1. The number of benzene rings is 1. The second-order valence-corrected chi connectivity index (χ2v) is 5.15. The number of nitrogens with zero attached hydrogens (tertiary/aromatic N) is 1. The molecule has 0 fully saturated rings. The highest BCUT2D eigenvalue weighted by Gasteiger charge is 2.12. The Morgan fingerprint density at radius 1 is 1.26 bits per heavy atom. The summed E-state index contributed by atoms with van der Waals surface area (Å²) in [4.78, 5) is 13.7. The molecule has 1 unspecified atom stereocenters. The van der Waals surface area contributed by atoms with Crippen molar-refractivity contribution in [2.75, 3.05) is 13.6 Å². The Morgan fingerprint density at radius 3 is 2.26 bits per heavy atom. The normalized spacial score (nSPS) is 12.8. The third-order valence-corrected chi connectivity index (χ3v) is 3.06. The Hall–Kier alpha value is -1.39. The standard InChI is InChI=1S/C15H24N2O2/c1-11(2)17(9-12(3)18)10-13-5-7-14(8-6-13)15(19)16-4/h5-8,11-12,18H,9-10H2,1-4H3,(H,16,19). The van der Waals surface area contributed by atoms with Crippen molar-refractivity contribution in [3.63, 3.8) is 0 Å². The average Bonchev–Trinajstić information content (AvgIpc) is 2.37. The molecule has 1 amide bonds. The number of carbonyl (C=O) groups is 1. The molecule has 0 heterocycles. The van der Waals surface area contributed by atoms with Crippen molar-refractivity contribution in [3.8, 4) is 0 Å². The quantitative estimate of drug-likeness (QED) is 0.821. The smallest absolute Gasteiger partial charge is 0.251 e. The molecule has 0 saturated heterocycles. The third-order valence-electron chi connectivity index (χ3n) is 3.06. The van der Waals surface area contributed by atoms with Gasteiger partial charge in [-0.25, -0.2) is 0 Å². The van der Waals surface area contributed by atoms with Crippen LogP contribution in [0.3, 0.4) is 0 Å². The van der Waals surface area contributed by atoms with Crippen molar-refractivity contribution in [1.29, 1.82) is 0 Å². The van der Waals surface area contributed by atoms with Gasteiger partial charge in [0.2, 0.25) is 0 Å². The van der Waals surface area contributed by atoms with E-state index in [-0.39, 0.29) is 12.0 Å². The molecule has 1 atom stereocenters. The van der Waals surface area contributed by atoms with Crippen molar-refractivity contribution in [2.24, 2.45) is 0 Å². The van der Waals surface area contributed by atoms with Gasteiger partial charge in [-0.05, 0) is 38.5 Å². The minimum absolute atomic E-state index is 0.0729. The highest BCUT2D eigenvalue weighted by molar-refractivity contribution is 5.93. The monoisotopic (exact) mass is 264 g/mol. The summed E-state index contributed by atoms with van der Waals surface area (Å²) in [7, 11) is 1.62. The van der Waals surface area contributed by atoms with E-state index in [2.05, 4.69) is 24.1 Å². The number of nitrogens with one attached hydrogen (secondary N) is 1. The van der Waals surface area contributed by atoms with Crippen LogP contribution in [0.15, 0.2) is 24.3 Å². The highest BCUT2D eigenvalue weighted by atomic mass is 16.3. The lowest BCUT2D eigenvalue weighted by molar-refractivity contribution is 0.0963. The number of hydrogen-bond donors (Lipinski definition) is 2. The number of carbonyl (C=O) groups excluding carboxylic acids is 1. The van der Waals surface area contributed by atoms with Crippen LogP contribution in [0.2, 0.25) is 0 Å². The van der Waals surface area contributed by atoms with Gasteiger partial charge in [0.15, 0.2) is 0 Å². The third kappa shape index (κ3) is 5.01. The van der Waals surface area contributed by atoms with Crippen molar-refractivity contribution in [3.05, 3.63) is 35.4 Å². The van der Waals surface area contributed by atoms with E-state index in [1.165, 1.54) is 0 Å². The van der Waals surface area contributed by atoms with E-state index in [1.807, 2.05) is 24.3 Å². The summed E-state index contributed by atoms with van der Waals surface area (Å²) in [6.45, 7) is 7.44. The molecule has 0 aliphatic carbocycles. The minimum atomic E-state index is -0.340. The maximum absolute atomic E-state index is 11.4. The lowest BCUT2D eigenvalue weighted by atomic mass is 10.1. The molecular formula is C15H24N2O2. The molecule has 1 aromatic rings. The van der Waals surface area contributed by atoms with Crippen LogP contribution in [-0.4, -0.2) is 41.7 Å². The molecule has 4 heteroatoms. The van der Waals surface area contributed by atoms with Crippen molar-refractivity contribution < 1.29 is 9.90 Å². The Morgan fingerprint density at radius 2 is 1.84 bits per heavy atom. The predicted octanol–water partition coefficient (Wildman–Crippen LogP) is 1.64. The van der Waals surface area contributed by atoms with Crippen LogP contribution in [0.5, 0.6) is 0 Å². The molecule has 0 spiro atoms. The molecule has 2 N–H and O–H groups in total. The zero-order chi connectivity index (χ0) is 14.4. The fourth-order valence-electron chi connectivity index (χ4n) is 1.94. The minimum Gasteiger partial charge on any atom is -0.392 e. The van der Waals surface area contributed by atoms with Gasteiger partial charge in [-0.15, -0.1) is 0 Å². The molecule has 1 rings (SSSR count). The predicted molar refractivity (Wildman–Crippen MR) is 77.1 cm³/mol. The highest BCUT2D eigenvalue weighted by Crippen LogP contribution is 2.10. The first-order valence-electron chi connectivity index (χ1n) is 6.67. The number of aliphatic hydroxyl groups is 1. The Bertz CT molecular complexity index is 399. The average molecular weight is 264 g/mol. The molecule has 0 aliphatic rings. The van der Waals surface area contributed by atoms with E-state index in [9.17, 15) is 9.90 Å². The molecule has 0 aliphatic heterocycles. The van der Waals surface area contributed by atoms with Crippen LogP contribution in [-0.2, 0) is 6.54 Å². The molecule has 106 valence electrons. The van der Waals surface area contributed by atoms with E-state index in [0.717, 1.165) is 12.1 Å². The van der Waals surface area contributed by atoms with E-state index >= 15 is 0 Å². The summed E-state index contributed by atoms with van der Waals surface area (Å²) in [6, 6.07) is 7.95. The largest absolute Gasteiger partial charge is 0.392 e. The first-order chi connectivity index (χ1) is 8.93. The van der Waals surface area contributed by atoms with Gasteiger partial charge in [0.05, 0.1) is 6.10 Å². The lowest BCUT2D eigenvalue weighted by Gasteiger charge is -2.27. The van der Waals surface area contributed by atoms with Crippen molar-refractivity contribution in [1.82, 2.24) is 10.2 Å². The zero-order valence-electron chi connectivity index (χ0n) is 12.2. The Labute approximate surface area is 115 Å². The summed E-state index contributed by atoms with van der Waals surface area (Å²) >= 11 is 0. The first kappa shape index (κ1) is 15.7. The van der Waals surface area contributed by atoms with Gasteiger partial charge in [0, 0.05) is 31.7 Å². The number of rotatable bonds is 6. The van der Waals surface area contributed by atoms with Gasteiger partial charge in [-0.2, -0.15) is 0 Å². The second-order valence-electron chi connectivity index (χ2n) is 5.15. The molecule has 19 heavy (non-hydrogen) atoms. The Kier molecular flexibility index (Phi) is 5.99. The maximum Gasteiger partial charge on any atom is 0.251 e. The van der Waals surface area contributed by atoms with Crippen LogP contribution in [0.1, 0.15) is 36.7 Å². The van der Waals surface area contributed by atoms with Crippen molar-refractivity contribution >= 4 is 5.91 Å². The lowest BCUT2D eigenvalue weighted by Crippen LogP contribution is -2.36. The van der Waals surface area contributed by atoms with E-state index in [1.54, 1.807) is 14.0 Å². The van der Waals surface area contributed by atoms with Crippen LogP contribution < -0.4 is 5.32 Å². The second kappa shape index (κ2) is 7.26. The maximum atomic E-state index is 11.4. The van der Waals surface area contributed by atoms with Crippen LogP contribution in [0.25, 0.3) is 0 Å². The topological polar surface area (TPSA) is 52.6 Å². The number of aliphatic hydroxyl groups excluding tert-OH is 1. The summed E-state index contributed by atoms with van der Waals surface area (Å²) in [5.41, 5.74) is 1.81. The van der Waals surface area contributed by atoms with Crippen molar-refractivity contribution in [2.45, 2.75) is 39.5 Å². The summed E-state index contributed by atoms with van der Waals surface area (Å²) in [6.07, 6.45) is -0.340. The van der Waals surface area contributed by atoms with Gasteiger partial charge >= 0.3 is 0 Å². The summed E-state index contributed by atoms with van der Waals surface area (Å²) in [5.74, 6) is -0.0729. The van der Waals surface area contributed by atoms with Gasteiger partial charge in [-0.3, -0.25) is 9.69 Å². The molecule has 0 saturated carbocycles. The number of amides is 1. The van der Waals surface area contributed by atoms with E-state index < -0.39 is 0 Å². The fourth-order valence-corrected chi connectivity index (χ4v) is 1.94. The van der Waals surface area contributed by atoms with E-state index in [0.29, 0.717) is 18.2 Å². The molecule has 1 aromatic carbocycles. The fraction of sp³-hybridized carbons (Fsp3) is 0.533. The first-order valence-corrected chi connectivity index (χ1v) is 6.67. The molecule has 0 bridgehead atoms. The summed E-state index contributed by atoms with van der Waals surface area (Å²) in [5, 5.41) is 12.1. The van der Waals surface area contributed by atoms with Gasteiger partial charge in [-0.1, -0.05) is 12.1 Å². The molecule has 0 radical (unpaired) electrons. The van der Waals surface area contributed by atoms with Gasteiger partial charge in [0.25, 0.3) is 5.91 Å². The number of hydrogen-bond acceptors (Lipinski definition) is 3. The van der Waals surface area contributed by atoms with Crippen LogP contribution >= 0.6 is 0 Å².